The number of carboxylic acids is 1. The molecular weight excluding hydrogens is 322 g/mol. The van der Waals surface area contributed by atoms with Crippen LogP contribution in [-0.4, -0.2) is 58.9 Å². The van der Waals surface area contributed by atoms with E-state index < -0.39 is 5.97 Å². The van der Waals surface area contributed by atoms with Gasteiger partial charge in [0.2, 0.25) is 0 Å². The second kappa shape index (κ2) is 8.04. The molecule has 1 aliphatic rings. The molecule has 0 radical (unpaired) electrons. The lowest BCUT2D eigenvalue weighted by Gasteiger charge is -2.34. The van der Waals surface area contributed by atoms with E-state index in [0.29, 0.717) is 32.1 Å². The zero-order valence-corrected chi connectivity index (χ0v) is 14.1. The number of rotatable bonds is 6. The third-order valence-corrected chi connectivity index (χ3v) is 4.20. The first-order valence-electron chi connectivity index (χ1n) is 8.15. The van der Waals surface area contributed by atoms with Gasteiger partial charge in [-0.1, -0.05) is 12.1 Å². The molecule has 1 N–H and O–H groups in total. The van der Waals surface area contributed by atoms with Crippen LogP contribution in [0.5, 0.6) is 5.75 Å². The Labute approximate surface area is 146 Å². The average molecular weight is 343 g/mol. The topological polar surface area (TPSA) is 84.8 Å². The molecule has 25 heavy (non-hydrogen) atoms. The number of hydrogen-bond acceptors (Lipinski definition) is 6. The lowest BCUT2D eigenvalue weighted by Crippen LogP contribution is -2.45. The molecule has 0 saturated carbocycles. The molecule has 2 aromatic rings. The van der Waals surface area contributed by atoms with E-state index in [1.165, 1.54) is 0 Å². The Balaban J connectivity index is 1.72. The van der Waals surface area contributed by atoms with Gasteiger partial charge in [-0.2, -0.15) is 0 Å². The standard InChI is InChI=1S/C18H21N3O4/c1-24-16-5-3-2-4-15(16)18-19-9-13(10-20-18)11-21-6-7-25-12-14(21)8-17(22)23/h2-5,9-10,14H,6-8,11-12H2,1H3,(H,22,23)/t14-/m0/s1. The van der Waals surface area contributed by atoms with E-state index in [0.717, 1.165) is 16.9 Å². The first-order valence-corrected chi connectivity index (χ1v) is 8.15. The summed E-state index contributed by atoms with van der Waals surface area (Å²) in [6, 6.07) is 7.48. The van der Waals surface area contributed by atoms with E-state index in [2.05, 4.69) is 14.9 Å². The van der Waals surface area contributed by atoms with Crippen molar-refractivity contribution in [3.8, 4) is 17.1 Å². The highest BCUT2D eigenvalue weighted by Crippen LogP contribution is 2.26. The largest absolute Gasteiger partial charge is 0.496 e. The molecule has 0 unspecified atom stereocenters. The predicted octanol–water partition coefficient (Wildman–Crippen LogP) is 1.83. The summed E-state index contributed by atoms with van der Waals surface area (Å²) in [5.41, 5.74) is 1.78. The van der Waals surface area contributed by atoms with Crippen molar-refractivity contribution in [3.05, 3.63) is 42.2 Å². The maximum atomic E-state index is 11.0. The van der Waals surface area contributed by atoms with Crippen molar-refractivity contribution in [2.45, 2.75) is 19.0 Å². The first-order chi connectivity index (χ1) is 12.2. The van der Waals surface area contributed by atoms with Crippen LogP contribution in [0.25, 0.3) is 11.4 Å². The molecule has 1 aliphatic heterocycles. The molecule has 7 heteroatoms. The Kier molecular flexibility index (Phi) is 5.57. The molecule has 1 aromatic heterocycles. The molecule has 7 nitrogen and oxygen atoms in total. The minimum absolute atomic E-state index is 0.0696. The lowest BCUT2D eigenvalue weighted by atomic mass is 10.1. The summed E-state index contributed by atoms with van der Waals surface area (Å²) in [4.78, 5) is 22.0. The number of carboxylic acid groups (broad SMARTS) is 1. The fourth-order valence-corrected chi connectivity index (χ4v) is 2.93. The van der Waals surface area contributed by atoms with E-state index >= 15 is 0 Å². The van der Waals surface area contributed by atoms with Crippen molar-refractivity contribution in [3.63, 3.8) is 0 Å². The molecule has 2 heterocycles. The number of hydrogen-bond donors (Lipinski definition) is 1. The molecule has 0 bridgehead atoms. The van der Waals surface area contributed by atoms with E-state index in [1.807, 2.05) is 24.3 Å². The van der Waals surface area contributed by atoms with Crippen LogP contribution >= 0.6 is 0 Å². The Hall–Kier alpha value is -2.51. The number of aromatic nitrogens is 2. The number of ether oxygens (including phenoxy) is 2. The highest BCUT2D eigenvalue weighted by atomic mass is 16.5. The second-order valence-electron chi connectivity index (χ2n) is 5.91. The SMILES string of the molecule is COc1ccccc1-c1ncc(CN2CCOC[C@@H]2CC(=O)O)cn1. The van der Waals surface area contributed by atoms with Crippen LogP contribution in [-0.2, 0) is 16.1 Å². The fourth-order valence-electron chi connectivity index (χ4n) is 2.93. The quantitative estimate of drug-likeness (QED) is 0.856. The van der Waals surface area contributed by atoms with Gasteiger partial charge in [-0.15, -0.1) is 0 Å². The predicted molar refractivity (Wildman–Crippen MR) is 91.3 cm³/mol. The first kappa shape index (κ1) is 17.3. The third kappa shape index (κ3) is 4.32. The number of aliphatic carboxylic acids is 1. The minimum atomic E-state index is -0.816. The molecule has 1 saturated heterocycles. The molecule has 0 aliphatic carbocycles. The zero-order valence-electron chi connectivity index (χ0n) is 14.1. The van der Waals surface area contributed by atoms with Gasteiger partial charge in [-0.3, -0.25) is 9.69 Å². The van der Waals surface area contributed by atoms with Crippen molar-refractivity contribution in [2.75, 3.05) is 26.9 Å². The summed E-state index contributed by atoms with van der Waals surface area (Å²) in [6.07, 6.45) is 3.63. The van der Waals surface area contributed by atoms with Gasteiger partial charge in [0, 0.05) is 37.1 Å². The van der Waals surface area contributed by atoms with Gasteiger partial charge < -0.3 is 14.6 Å². The summed E-state index contributed by atoms with van der Waals surface area (Å²) in [7, 11) is 1.62. The van der Waals surface area contributed by atoms with E-state index in [9.17, 15) is 4.79 Å². The lowest BCUT2D eigenvalue weighted by molar-refractivity contribution is -0.140. The van der Waals surface area contributed by atoms with Crippen molar-refractivity contribution >= 4 is 5.97 Å². The van der Waals surface area contributed by atoms with Gasteiger partial charge in [-0.05, 0) is 12.1 Å². The monoisotopic (exact) mass is 343 g/mol. The van der Waals surface area contributed by atoms with Gasteiger partial charge in [0.05, 0.1) is 32.3 Å². The molecule has 1 aromatic carbocycles. The normalized spacial score (nSPS) is 18.0. The Morgan fingerprint density at radius 1 is 1.36 bits per heavy atom. The maximum Gasteiger partial charge on any atom is 0.305 e. The van der Waals surface area contributed by atoms with Gasteiger partial charge in [0.1, 0.15) is 5.75 Å². The molecular formula is C18H21N3O4. The fraction of sp³-hybridized carbons (Fsp3) is 0.389. The molecule has 0 amide bonds. The van der Waals surface area contributed by atoms with E-state index in [4.69, 9.17) is 14.6 Å². The van der Waals surface area contributed by atoms with Crippen molar-refractivity contribution in [1.82, 2.24) is 14.9 Å². The van der Waals surface area contributed by atoms with Gasteiger partial charge in [0.15, 0.2) is 5.82 Å². The van der Waals surface area contributed by atoms with Crippen LogP contribution in [0.15, 0.2) is 36.7 Å². The number of nitrogens with zero attached hydrogens (tertiary/aromatic N) is 3. The van der Waals surface area contributed by atoms with E-state index in [-0.39, 0.29) is 12.5 Å². The van der Waals surface area contributed by atoms with Crippen LogP contribution in [0.4, 0.5) is 0 Å². The Morgan fingerprint density at radius 2 is 2.12 bits per heavy atom. The van der Waals surface area contributed by atoms with Gasteiger partial charge in [0.25, 0.3) is 0 Å². The molecule has 0 spiro atoms. The number of para-hydroxylation sites is 1. The van der Waals surface area contributed by atoms with Crippen LogP contribution in [0.2, 0.25) is 0 Å². The van der Waals surface area contributed by atoms with Gasteiger partial charge >= 0.3 is 5.97 Å². The summed E-state index contributed by atoms with van der Waals surface area (Å²) >= 11 is 0. The van der Waals surface area contributed by atoms with Crippen LogP contribution < -0.4 is 4.74 Å². The maximum absolute atomic E-state index is 11.0. The molecule has 132 valence electrons. The number of benzene rings is 1. The van der Waals surface area contributed by atoms with Crippen molar-refractivity contribution in [2.24, 2.45) is 0 Å². The third-order valence-electron chi connectivity index (χ3n) is 4.20. The molecule has 3 rings (SSSR count). The highest BCUT2D eigenvalue weighted by Gasteiger charge is 2.25. The molecule has 1 fully saturated rings. The highest BCUT2D eigenvalue weighted by molar-refractivity contribution is 5.67. The number of methoxy groups -OCH3 is 1. The summed E-state index contributed by atoms with van der Waals surface area (Å²) < 4.78 is 10.7. The average Bonchev–Trinajstić information content (AvgIpc) is 2.63. The van der Waals surface area contributed by atoms with Crippen molar-refractivity contribution in [1.29, 1.82) is 0 Å². The number of morpholine rings is 1. The van der Waals surface area contributed by atoms with Crippen LogP contribution in [0.1, 0.15) is 12.0 Å². The van der Waals surface area contributed by atoms with Crippen LogP contribution in [0.3, 0.4) is 0 Å². The summed E-state index contributed by atoms with van der Waals surface area (Å²) in [5, 5.41) is 9.04. The smallest absolute Gasteiger partial charge is 0.305 e. The van der Waals surface area contributed by atoms with Crippen molar-refractivity contribution < 1.29 is 19.4 Å². The van der Waals surface area contributed by atoms with Crippen LogP contribution in [0, 0.1) is 0 Å². The Bertz CT molecular complexity index is 721. The number of carbonyl (C=O) groups is 1. The summed E-state index contributed by atoms with van der Waals surface area (Å²) in [5.74, 6) is 0.512. The summed E-state index contributed by atoms with van der Waals surface area (Å²) in [6.45, 7) is 2.35. The van der Waals surface area contributed by atoms with Gasteiger partial charge in [-0.25, -0.2) is 9.97 Å². The second-order valence-corrected chi connectivity index (χ2v) is 5.91. The minimum Gasteiger partial charge on any atom is -0.496 e. The molecule has 1 atom stereocenters. The Morgan fingerprint density at radius 3 is 2.84 bits per heavy atom. The van der Waals surface area contributed by atoms with E-state index in [1.54, 1.807) is 19.5 Å². The zero-order chi connectivity index (χ0) is 17.6.